The molecule has 2 aromatic rings. The second-order valence-corrected chi connectivity index (χ2v) is 7.55. The molecule has 1 aromatic heterocycles. The van der Waals surface area contributed by atoms with Crippen molar-refractivity contribution in [3.05, 3.63) is 41.6 Å². The van der Waals surface area contributed by atoms with E-state index in [4.69, 9.17) is 9.47 Å². The second-order valence-electron chi connectivity index (χ2n) is 7.55. The number of ketones is 1. The number of fused-ring (bicyclic) bond motifs is 5. The number of nitrogens with zero attached hydrogens (tertiary/aromatic N) is 1. The minimum atomic E-state index is -0.743. The molecule has 1 N–H and O–H groups in total. The molecule has 0 fully saturated rings. The Morgan fingerprint density at radius 3 is 2.86 bits per heavy atom. The maximum atomic E-state index is 13.3. The van der Waals surface area contributed by atoms with Crippen LogP contribution in [0, 0.1) is 5.41 Å². The van der Waals surface area contributed by atoms with Crippen molar-refractivity contribution in [2.75, 3.05) is 27.3 Å². The van der Waals surface area contributed by atoms with Crippen LogP contribution in [0.5, 0.6) is 5.75 Å². The summed E-state index contributed by atoms with van der Waals surface area (Å²) < 4.78 is 10.1. The summed E-state index contributed by atoms with van der Waals surface area (Å²) in [7, 11) is 2.98. The third-order valence-electron chi connectivity index (χ3n) is 6.31. The monoisotopic (exact) mass is 382 g/mol. The van der Waals surface area contributed by atoms with Gasteiger partial charge in [0.05, 0.1) is 25.7 Å². The lowest BCUT2D eigenvalue weighted by Gasteiger charge is -2.48. The molecule has 0 unspecified atom stereocenters. The van der Waals surface area contributed by atoms with E-state index in [-0.39, 0.29) is 18.2 Å². The Labute approximate surface area is 164 Å². The van der Waals surface area contributed by atoms with Crippen molar-refractivity contribution in [1.82, 2.24) is 9.88 Å². The van der Waals surface area contributed by atoms with E-state index in [2.05, 4.69) is 22.0 Å². The van der Waals surface area contributed by atoms with Crippen LogP contribution in [-0.2, 0) is 20.7 Å². The fourth-order valence-electron chi connectivity index (χ4n) is 4.84. The Morgan fingerprint density at radius 1 is 1.32 bits per heavy atom. The summed E-state index contributed by atoms with van der Waals surface area (Å²) in [4.78, 5) is 31.0. The number of carbonyl (C=O) groups excluding carboxylic acids is 2. The lowest BCUT2D eigenvalue weighted by molar-refractivity contribution is -0.146. The molecular formula is C22H26N2O4. The van der Waals surface area contributed by atoms with Crippen LogP contribution in [0.4, 0.5) is 0 Å². The van der Waals surface area contributed by atoms with Crippen molar-refractivity contribution in [2.45, 2.75) is 32.2 Å². The van der Waals surface area contributed by atoms with E-state index in [0.29, 0.717) is 6.42 Å². The van der Waals surface area contributed by atoms with Gasteiger partial charge in [-0.1, -0.05) is 19.1 Å². The maximum absolute atomic E-state index is 13.3. The van der Waals surface area contributed by atoms with Gasteiger partial charge >= 0.3 is 5.97 Å². The molecule has 0 aliphatic carbocycles. The maximum Gasteiger partial charge on any atom is 0.313 e. The van der Waals surface area contributed by atoms with Gasteiger partial charge in [-0.15, -0.1) is 0 Å². The van der Waals surface area contributed by atoms with Gasteiger partial charge in [0.2, 0.25) is 0 Å². The number of aromatic amines is 1. The number of methoxy groups -OCH3 is 2. The van der Waals surface area contributed by atoms with E-state index in [1.54, 1.807) is 7.11 Å². The van der Waals surface area contributed by atoms with E-state index < -0.39 is 11.4 Å². The Bertz CT molecular complexity index is 961. The van der Waals surface area contributed by atoms with E-state index in [1.807, 2.05) is 25.1 Å². The average Bonchev–Trinajstić information content (AvgIpc) is 3.10. The molecule has 0 amide bonds. The molecule has 0 saturated carbocycles. The predicted octanol–water partition coefficient (Wildman–Crippen LogP) is 3.17. The summed E-state index contributed by atoms with van der Waals surface area (Å²) in [5.41, 5.74) is 2.62. The number of rotatable bonds is 5. The first-order valence-electron chi connectivity index (χ1n) is 9.74. The first kappa shape index (κ1) is 18.7. The fraction of sp³-hybridized carbons (Fsp3) is 0.455. The van der Waals surface area contributed by atoms with Gasteiger partial charge in [0, 0.05) is 35.8 Å². The highest BCUT2D eigenvalue weighted by molar-refractivity contribution is 6.00. The molecule has 4 rings (SSSR count). The topological polar surface area (TPSA) is 71.6 Å². The van der Waals surface area contributed by atoms with Crippen molar-refractivity contribution in [3.63, 3.8) is 0 Å². The van der Waals surface area contributed by atoms with Gasteiger partial charge in [-0.2, -0.15) is 0 Å². The quantitative estimate of drug-likeness (QED) is 0.489. The van der Waals surface area contributed by atoms with Gasteiger partial charge in [0.15, 0.2) is 5.78 Å². The Hall–Kier alpha value is -2.60. The van der Waals surface area contributed by atoms with Crippen LogP contribution in [0.2, 0.25) is 0 Å². The zero-order valence-corrected chi connectivity index (χ0v) is 16.6. The fourth-order valence-corrected chi connectivity index (χ4v) is 4.84. The normalized spacial score (nSPS) is 23.9. The standard InChI is InChI=1S/C22H26N2O4/c1-4-22(18(25)13-19(26)28-3)9-5-10-24-11-8-16-15-7-6-14(27-2)12-17(15)23-20(16)21(22)24/h5-7,9,12,21,23H,4,8,10-11,13H2,1-3H3/t21-,22+/m1/s1. The third kappa shape index (κ3) is 2.75. The minimum Gasteiger partial charge on any atom is -0.497 e. The van der Waals surface area contributed by atoms with Gasteiger partial charge in [-0.05, 0) is 30.5 Å². The molecule has 0 saturated heterocycles. The Morgan fingerprint density at radius 2 is 2.14 bits per heavy atom. The number of aromatic nitrogens is 1. The number of benzene rings is 1. The average molecular weight is 382 g/mol. The molecule has 28 heavy (non-hydrogen) atoms. The van der Waals surface area contributed by atoms with Gasteiger partial charge in [0.25, 0.3) is 0 Å². The molecule has 148 valence electrons. The highest BCUT2D eigenvalue weighted by Crippen LogP contribution is 2.50. The third-order valence-corrected chi connectivity index (χ3v) is 6.31. The first-order chi connectivity index (χ1) is 13.5. The van der Waals surface area contributed by atoms with E-state index in [9.17, 15) is 9.59 Å². The van der Waals surface area contributed by atoms with Crippen molar-refractivity contribution in [2.24, 2.45) is 5.41 Å². The Balaban J connectivity index is 1.85. The summed E-state index contributed by atoms with van der Waals surface area (Å²) in [5, 5.41) is 1.18. The Kier molecular flexibility index (Phi) is 4.75. The predicted molar refractivity (Wildman–Crippen MR) is 106 cm³/mol. The molecule has 2 atom stereocenters. The molecule has 0 radical (unpaired) electrons. The van der Waals surface area contributed by atoms with Gasteiger partial charge in [-0.25, -0.2) is 0 Å². The highest BCUT2D eigenvalue weighted by atomic mass is 16.5. The van der Waals surface area contributed by atoms with Crippen LogP contribution in [-0.4, -0.2) is 48.9 Å². The highest BCUT2D eigenvalue weighted by Gasteiger charge is 2.50. The smallest absolute Gasteiger partial charge is 0.313 e. The molecule has 2 aliphatic rings. The van der Waals surface area contributed by atoms with Gasteiger partial charge < -0.3 is 14.5 Å². The molecule has 0 spiro atoms. The SMILES string of the molecule is CC[C@@]1(C(=O)CC(=O)OC)C=CCN2CCc3c([nH]c4cc(OC)ccc34)[C@@H]21. The van der Waals surface area contributed by atoms with Crippen LogP contribution in [0.25, 0.3) is 10.9 Å². The number of nitrogens with one attached hydrogen (secondary N) is 1. The summed E-state index contributed by atoms with van der Waals surface area (Å²) in [5.74, 6) is 0.229. The molecule has 1 aromatic carbocycles. The van der Waals surface area contributed by atoms with Crippen LogP contribution in [0.15, 0.2) is 30.4 Å². The lowest BCUT2D eigenvalue weighted by atomic mass is 9.68. The molecular weight excluding hydrogens is 356 g/mol. The van der Waals surface area contributed by atoms with E-state index in [0.717, 1.165) is 36.5 Å². The summed E-state index contributed by atoms with van der Waals surface area (Å²) >= 11 is 0. The summed E-state index contributed by atoms with van der Waals surface area (Å²) in [6.45, 7) is 3.70. The molecule has 6 heteroatoms. The van der Waals surface area contributed by atoms with Gasteiger partial charge in [-0.3, -0.25) is 14.5 Å². The number of H-pyrrole nitrogens is 1. The van der Waals surface area contributed by atoms with Crippen LogP contribution in [0.1, 0.15) is 37.1 Å². The zero-order valence-electron chi connectivity index (χ0n) is 16.6. The van der Waals surface area contributed by atoms with Gasteiger partial charge in [0.1, 0.15) is 12.2 Å². The van der Waals surface area contributed by atoms with Crippen LogP contribution in [0.3, 0.4) is 0 Å². The number of Topliss-reactive ketones (excluding diaryl/α,β-unsaturated/α-hetero) is 1. The number of esters is 1. The summed E-state index contributed by atoms with van der Waals surface area (Å²) in [6, 6.07) is 5.95. The largest absolute Gasteiger partial charge is 0.497 e. The van der Waals surface area contributed by atoms with Crippen molar-refractivity contribution in [3.8, 4) is 5.75 Å². The molecule has 3 heterocycles. The minimum absolute atomic E-state index is 0.0862. The number of carbonyl (C=O) groups is 2. The van der Waals surface area contributed by atoms with Crippen molar-refractivity contribution >= 4 is 22.7 Å². The van der Waals surface area contributed by atoms with Crippen LogP contribution < -0.4 is 4.74 Å². The molecule has 2 aliphatic heterocycles. The lowest BCUT2D eigenvalue weighted by Crippen LogP contribution is -2.50. The molecule has 6 nitrogen and oxygen atoms in total. The number of hydrogen-bond acceptors (Lipinski definition) is 5. The van der Waals surface area contributed by atoms with Crippen molar-refractivity contribution < 1.29 is 19.1 Å². The van der Waals surface area contributed by atoms with Crippen molar-refractivity contribution in [1.29, 1.82) is 0 Å². The first-order valence-corrected chi connectivity index (χ1v) is 9.74. The second kappa shape index (κ2) is 7.09. The van der Waals surface area contributed by atoms with E-state index >= 15 is 0 Å². The summed E-state index contributed by atoms with van der Waals surface area (Å²) in [6.07, 6.45) is 5.42. The van der Waals surface area contributed by atoms with E-state index in [1.165, 1.54) is 18.1 Å². The zero-order chi connectivity index (χ0) is 19.9. The molecule has 0 bridgehead atoms. The number of ether oxygens (including phenoxy) is 2. The van der Waals surface area contributed by atoms with Crippen LogP contribution >= 0.6 is 0 Å². The number of hydrogen-bond donors (Lipinski definition) is 1.